The Labute approximate surface area is 125 Å². The first-order valence-electron chi connectivity index (χ1n) is 7.27. The van der Waals surface area contributed by atoms with E-state index in [2.05, 4.69) is 10.3 Å². The summed E-state index contributed by atoms with van der Waals surface area (Å²) in [4.78, 5) is 18.5. The SMILES string of the molecule is CCNc1ccc(Cl)c(C(=O)N(C)CC2CCCC2)n1. The van der Waals surface area contributed by atoms with Crippen LogP contribution in [0.1, 0.15) is 43.1 Å². The fourth-order valence-corrected chi connectivity index (χ4v) is 2.90. The number of anilines is 1. The summed E-state index contributed by atoms with van der Waals surface area (Å²) in [5.41, 5.74) is 0.339. The van der Waals surface area contributed by atoms with Crippen LogP contribution in [0.4, 0.5) is 5.82 Å². The number of carbonyl (C=O) groups excluding carboxylic acids is 1. The standard InChI is InChI=1S/C15H22ClN3O/c1-3-17-13-9-8-12(16)14(18-13)15(20)19(2)10-11-6-4-5-7-11/h8-9,11H,3-7,10H2,1-2H3,(H,17,18). The minimum absolute atomic E-state index is 0.0957. The lowest BCUT2D eigenvalue weighted by atomic mass is 10.1. The molecule has 1 aromatic rings. The van der Waals surface area contributed by atoms with Crippen LogP contribution in [0.5, 0.6) is 0 Å². The molecule has 0 aliphatic heterocycles. The first-order chi connectivity index (χ1) is 9.61. The number of hydrogen-bond acceptors (Lipinski definition) is 3. The van der Waals surface area contributed by atoms with Crippen molar-refractivity contribution in [2.75, 3.05) is 25.5 Å². The van der Waals surface area contributed by atoms with Crippen molar-refractivity contribution in [1.82, 2.24) is 9.88 Å². The van der Waals surface area contributed by atoms with Crippen molar-refractivity contribution < 1.29 is 4.79 Å². The highest BCUT2D eigenvalue weighted by Crippen LogP contribution is 2.26. The van der Waals surface area contributed by atoms with E-state index in [0.717, 1.165) is 13.1 Å². The molecular formula is C15H22ClN3O. The maximum absolute atomic E-state index is 12.5. The van der Waals surface area contributed by atoms with Crippen LogP contribution in [0, 0.1) is 5.92 Å². The van der Waals surface area contributed by atoms with Crippen LogP contribution < -0.4 is 5.32 Å². The summed E-state index contributed by atoms with van der Waals surface area (Å²) in [6.07, 6.45) is 5.00. The maximum atomic E-state index is 12.5. The number of carbonyl (C=O) groups is 1. The molecule has 0 saturated heterocycles. The molecule has 1 amide bonds. The third-order valence-corrected chi connectivity index (χ3v) is 4.06. The Morgan fingerprint density at radius 2 is 2.15 bits per heavy atom. The molecule has 110 valence electrons. The van der Waals surface area contributed by atoms with E-state index in [1.807, 2.05) is 14.0 Å². The molecule has 1 saturated carbocycles. The van der Waals surface area contributed by atoms with Crippen molar-refractivity contribution in [2.24, 2.45) is 5.92 Å². The van der Waals surface area contributed by atoms with E-state index in [1.54, 1.807) is 17.0 Å². The number of aromatic nitrogens is 1. The summed E-state index contributed by atoms with van der Waals surface area (Å²) in [5, 5.41) is 3.51. The van der Waals surface area contributed by atoms with Gasteiger partial charge in [-0.25, -0.2) is 4.98 Å². The molecule has 1 aromatic heterocycles. The monoisotopic (exact) mass is 295 g/mol. The van der Waals surface area contributed by atoms with Crippen LogP contribution in [-0.4, -0.2) is 35.9 Å². The van der Waals surface area contributed by atoms with Crippen molar-refractivity contribution in [2.45, 2.75) is 32.6 Å². The second kappa shape index (κ2) is 6.93. The molecule has 1 aliphatic rings. The Morgan fingerprint density at radius 1 is 1.45 bits per heavy atom. The molecule has 5 heteroatoms. The third kappa shape index (κ3) is 3.63. The van der Waals surface area contributed by atoms with E-state index in [0.29, 0.717) is 22.5 Å². The van der Waals surface area contributed by atoms with E-state index in [9.17, 15) is 4.79 Å². The van der Waals surface area contributed by atoms with Crippen LogP contribution in [0.3, 0.4) is 0 Å². The molecule has 1 heterocycles. The molecule has 0 aromatic carbocycles. The molecule has 1 N–H and O–H groups in total. The Morgan fingerprint density at radius 3 is 2.80 bits per heavy atom. The van der Waals surface area contributed by atoms with Gasteiger partial charge in [-0.05, 0) is 37.8 Å². The smallest absolute Gasteiger partial charge is 0.273 e. The zero-order chi connectivity index (χ0) is 14.5. The van der Waals surface area contributed by atoms with Gasteiger partial charge in [0.05, 0.1) is 5.02 Å². The van der Waals surface area contributed by atoms with Crippen LogP contribution in [0.15, 0.2) is 12.1 Å². The number of rotatable bonds is 5. The molecule has 0 atom stereocenters. The van der Waals surface area contributed by atoms with Gasteiger partial charge in [0, 0.05) is 20.1 Å². The number of nitrogens with one attached hydrogen (secondary N) is 1. The van der Waals surface area contributed by atoms with Crippen molar-refractivity contribution >= 4 is 23.3 Å². The topological polar surface area (TPSA) is 45.2 Å². The summed E-state index contributed by atoms with van der Waals surface area (Å²) in [5.74, 6) is 1.22. The van der Waals surface area contributed by atoms with Crippen molar-refractivity contribution in [3.05, 3.63) is 22.8 Å². The van der Waals surface area contributed by atoms with Crippen molar-refractivity contribution in [3.8, 4) is 0 Å². The number of halogens is 1. The minimum atomic E-state index is -0.0957. The fraction of sp³-hybridized carbons (Fsp3) is 0.600. The second-order valence-electron chi connectivity index (χ2n) is 5.39. The highest BCUT2D eigenvalue weighted by molar-refractivity contribution is 6.33. The Balaban J connectivity index is 2.08. The van der Waals surface area contributed by atoms with Gasteiger partial charge in [-0.2, -0.15) is 0 Å². The lowest BCUT2D eigenvalue weighted by Gasteiger charge is -2.21. The molecule has 20 heavy (non-hydrogen) atoms. The molecular weight excluding hydrogens is 274 g/mol. The largest absolute Gasteiger partial charge is 0.370 e. The van der Waals surface area contributed by atoms with Crippen LogP contribution in [-0.2, 0) is 0 Å². The predicted molar refractivity (Wildman–Crippen MR) is 82.3 cm³/mol. The number of nitrogens with zero attached hydrogens (tertiary/aromatic N) is 2. The summed E-state index contributed by atoms with van der Waals surface area (Å²) in [6, 6.07) is 3.52. The third-order valence-electron chi connectivity index (χ3n) is 3.76. The van der Waals surface area contributed by atoms with E-state index >= 15 is 0 Å². The molecule has 0 bridgehead atoms. The molecule has 1 aliphatic carbocycles. The Bertz CT molecular complexity index is 472. The molecule has 2 rings (SSSR count). The maximum Gasteiger partial charge on any atom is 0.273 e. The van der Waals surface area contributed by atoms with Gasteiger partial charge in [-0.15, -0.1) is 0 Å². The molecule has 0 spiro atoms. The molecule has 4 nitrogen and oxygen atoms in total. The quantitative estimate of drug-likeness (QED) is 0.905. The normalized spacial score (nSPS) is 15.3. The zero-order valence-corrected chi connectivity index (χ0v) is 12.9. The predicted octanol–water partition coefficient (Wildman–Crippen LogP) is 3.43. The van der Waals surface area contributed by atoms with Gasteiger partial charge in [0.2, 0.25) is 0 Å². The summed E-state index contributed by atoms with van der Waals surface area (Å²) < 4.78 is 0. The highest BCUT2D eigenvalue weighted by atomic mass is 35.5. The number of amides is 1. The number of hydrogen-bond donors (Lipinski definition) is 1. The zero-order valence-electron chi connectivity index (χ0n) is 12.2. The van der Waals surface area contributed by atoms with Gasteiger partial charge < -0.3 is 10.2 Å². The van der Waals surface area contributed by atoms with Gasteiger partial charge in [0.1, 0.15) is 11.5 Å². The van der Waals surface area contributed by atoms with E-state index in [4.69, 9.17) is 11.6 Å². The van der Waals surface area contributed by atoms with Gasteiger partial charge in [-0.3, -0.25) is 4.79 Å². The van der Waals surface area contributed by atoms with Crippen LogP contribution in [0.2, 0.25) is 5.02 Å². The first kappa shape index (κ1) is 15.1. The lowest BCUT2D eigenvalue weighted by molar-refractivity contribution is 0.0768. The van der Waals surface area contributed by atoms with Crippen molar-refractivity contribution in [1.29, 1.82) is 0 Å². The summed E-state index contributed by atoms with van der Waals surface area (Å²) in [7, 11) is 1.83. The molecule has 0 radical (unpaired) electrons. The molecule has 0 unspecified atom stereocenters. The summed E-state index contributed by atoms with van der Waals surface area (Å²) >= 11 is 6.11. The van der Waals surface area contributed by atoms with Gasteiger partial charge in [0.15, 0.2) is 0 Å². The Hall–Kier alpha value is -1.29. The van der Waals surface area contributed by atoms with E-state index in [-0.39, 0.29) is 5.91 Å². The second-order valence-corrected chi connectivity index (χ2v) is 5.80. The molecule has 1 fully saturated rings. The minimum Gasteiger partial charge on any atom is -0.370 e. The summed E-state index contributed by atoms with van der Waals surface area (Å²) in [6.45, 7) is 3.55. The van der Waals surface area contributed by atoms with Gasteiger partial charge in [-0.1, -0.05) is 24.4 Å². The van der Waals surface area contributed by atoms with Gasteiger partial charge >= 0.3 is 0 Å². The van der Waals surface area contributed by atoms with E-state index < -0.39 is 0 Å². The average Bonchev–Trinajstić information content (AvgIpc) is 2.93. The van der Waals surface area contributed by atoms with Crippen LogP contribution in [0.25, 0.3) is 0 Å². The van der Waals surface area contributed by atoms with Gasteiger partial charge in [0.25, 0.3) is 5.91 Å². The number of pyridine rings is 1. The highest BCUT2D eigenvalue weighted by Gasteiger charge is 2.22. The Kier molecular flexibility index (Phi) is 5.24. The van der Waals surface area contributed by atoms with E-state index in [1.165, 1.54) is 25.7 Å². The average molecular weight is 296 g/mol. The van der Waals surface area contributed by atoms with Crippen molar-refractivity contribution in [3.63, 3.8) is 0 Å². The lowest BCUT2D eigenvalue weighted by Crippen LogP contribution is -2.32. The first-order valence-corrected chi connectivity index (χ1v) is 7.65. The fourth-order valence-electron chi connectivity index (χ4n) is 2.72. The van der Waals surface area contributed by atoms with Crippen LogP contribution >= 0.6 is 11.6 Å².